The van der Waals surface area contributed by atoms with Crippen LogP contribution >= 0.6 is 15.9 Å². The average molecular weight is 494 g/mol. The van der Waals surface area contributed by atoms with Crippen LogP contribution in [0.25, 0.3) is 5.69 Å². The molecule has 0 saturated carbocycles. The number of rotatable bonds is 6. The molecule has 1 heterocycles. The fourth-order valence-electron chi connectivity index (χ4n) is 2.89. The van der Waals surface area contributed by atoms with Crippen molar-refractivity contribution in [3.8, 4) is 11.4 Å². The summed E-state index contributed by atoms with van der Waals surface area (Å²) in [5.41, 5.74) is -0.823. The van der Waals surface area contributed by atoms with Gasteiger partial charge in [-0.15, -0.1) is 0 Å². The van der Waals surface area contributed by atoms with Crippen molar-refractivity contribution in [1.29, 1.82) is 0 Å². The Bertz CT molecular complexity index is 1240. The van der Waals surface area contributed by atoms with Crippen LogP contribution in [0.15, 0.2) is 51.7 Å². The third-order valence-electron chi connectivity index (χ3n) is 4.37. The van der Waals surface area contributed by atoms with Crippen molar-refractivity contribution in [3.05, 3.63) is 91.3 Å². The van der Waals surface area contributed by atoms with Crippen LogP contribution in [-0.2, 0) is 6.61 Å². The van der Waals surface area contributed by atoms with Gasteiger partial charge in [-0.1, -0.05) is 0 Å². The summed E-state index contributed by atoms with van der Waals surface area (Å²) in [7, 11) is 0. The Morgan fingerprint density at radius 3 is 2.19 bits per heavy atom. The van der Waals surface area contributed by atoms with Crippen LogP contribution in [0.4, 0.5) is 8.78 Å². The van der Waals surface area contributed by atoms with Gasteiger partial charge in [0.15, 0.2) is 0 Å². The monoisotopic (exact) mass is 493 g/mol. The second-order valence-electron chi connectivity index (χ2n) is 6.51. The number of hydrogen-bond acceptors (Lipinski definition) is 4. The van der Waals surface area contributed by atoms with Crippen molar-refractivity contribution in [2.75, 3.05) is 0 Å². The minimum Gasteiger partial charge on any atom is -0.487 e. The number of hydrogen-bond donors (Lipinski definition) is 2. The summed E-state index contributed by atoms with van der Waals surface area (Å²) in [6, 6.07) is 7.78. The van der Waals surface area contributed by atoms with Gasteiger partial charge < -0.3 is 14.9 Å². The molecule has 0 aliphatic heterocycles. The maximum Gasteiger partial charge on any atom is 0.335 e. The molecule has 10 heteroatoms. The van der Waals surface area contributed by atoms with Crippen LogP contribution < -0.4 is 10.3 Å². The van der Waals surface area contributed by atoms with Crippen LogP contribution in [0.3, 0.4) is 0 Å². The van der Waals surface area contributed by atoms with Crippen LogP contribution in [0.2, 0.25) is 0 Å². The maximum atomic E-state index is 13.8. The molecule has 0 aliphatic carbocycles. The lowest BCUT2D eigenvalue weighted by Crippen LogP contribution is -2.23. The summed E-state index contributed by atoms with van der Waals surface area (Å²) in [5.74, 6) is -4.15. The van der Waals surface area contributed by atoms with Gasteiger partial charge in [-0.3, -0.25) is 9.36 Å². The highest BCUT2D eigenvalue weighted by atomic mass is 79.9. The number of carbonyl (C=O) groups is 2. The molecule has 0 saturated heterocycles. The third kappa shape index (κ3) is 4.64. The quantitative estimate of drug-likeness (QED) is 0.533. The lowest BCUT2D eigenvalue weighted by molar-refractivity contribution is 0.0696. The van der Waals surface area contributed by atoms with Crippen LogP contribution in [0, 0.1) is 18.6 Å². The van der Waals surface area contributed by atoms with Gasteiger partial charge in [0.1, 0.15) is 28.5 Å². The Morgan fingerprint density at radius 1 is 1.03 bits per heavy atom. The first-order valence-corrected chi connectivity index (χ1v) is 9.48. The molecule has 7 nitrogen and oxygen atoms in total. The summed E-state index contributed by atoms with van der Waals surface area (Å²) in [5, 5.41) is 18.5. The van der Waals surface area contributed by atoms with Gasteiger partial charge >= 0.3 is 11.9 Å². The van der Waals surface area contributed by atoms with Gasteiger partial charge in [-0.05, 0) is 53.2 Å². The van der Waals surface area contributed by atoms with Crippen molar-refractivity contribution >= 4 is 27.9 Å². The summed E-state index contributed by atoms with van der Waals surface area (Å²) in [6.45, 7) is 1.26. The van der Waals surface area contributed by atoms with Crippen molar-refractivity contribution in [2.45, 2.75) is 13.5 Å². The van der Waals surface area contributed by atoms with Crippen LogP contribution in [0.5, 0.6) is 5.75 Å². The summed E-state index contributed by atoms with van der Waals surface area (Å²) in [6.07, 6.45) is 0. The molecule has 3 aromatic rings. The zero-order valence-corrected chi connectivity index (χ0v) is 17.4. The van der Waals surface area contributed by atoms with Gasteiger partial charge in [-0.25, -0.2) is 18.4 Å². The lowest BCUT2D eigenvalue weighted by atomic mass is 10.1. The number of pyridine rings is 1. The number of ether oxygens (including phenoxy) is 1. The van der Waals surface area contributed by atoms with Gasteiger partial charge in [0.05, 0.1) is 16.8 Å². The van der Waals surface area contributed by atoms with Crippen molar-refractivity contribution < 1.29 is 33.3 Å². The number of aromatic nitrogens is 1. The zero-order valence-electron chi connectivity index (χ0n) is 15.9. The normalized spacial score (nSPS) is 10.7. The van der Waals surface area contributed by atoms with E-state index >= 15 is 0 Å². The zero-order chi connectivity index (χ0) is 22.9. The Labute approximate surface area is 182 Å². The summed E-state index contributed by atoms with van der Waals surface area (Å²) >= 11 is 3.12. The molecular formula is C21H14BrF2NO6. The fourth-order valence-corrected chi connectivity index (χ4v) is 3.29. The van der Waals surface area contributed by atoms with E-state index in [0.29, 0.717) is 11.8 Å². The highest BCUT2D eigenvalue weighted by molar-refractivity contribution is 9.10. The van der Waals surface area contributed by atoms with Gasteiger partial charge in [0, 0.05) is 23.4 Å². The standard InChI is InChI=1S/C21H14BrF2NO6/c1-10-4-17(31-9-11-2-3-14(23)8-16(11)24)18(22)19(26)25(10)15-6-12(20(27)28)5-13(7-15)21(29)30/h2-8H,9H2,1H3,(H,27,28)(H,29,30). The highest BCUT2D eigenvalue weighted by Gasteiger charge is 2.18. The smallest absolute Gasteiger partial charge is 0.335 e. The molecule has 2 N–H and O–H groups in total. The van der Waals surface area contributed by atoms with E-state index in [1.54, 1.807) is 0 Å². The predicted molar refractivity (Wildman–Crippen MR) is 109 cm³/mol. The molecule has 0 fully saturated rings. The SMILES string of the molecule is Cc1cc(OCc2ccc(F)cc2F)c(Br)c(=O)n1-c1cc(C(=O)O)cc(C(=O)O)c1. The molecule has 0 aliphatic rings. The summed E-state index contributed by atoms with van der Waals surface area (Å²) in [4.78, 5) is 35.6. The topological polar surface area (TPSA) is 106 Å². The molecule has 1 aromatic heterocycles. The molecule has 0 bridgehead atoms. The van der Waals surface area contributed by atoms with E-state index in [9.17, 15) is 33.4 Å². The average Bonchev–Trinajstić information content (AvgIpc) is 2.70. The lowest BCUT2D eigenvalue weighted by Gasteiger charge is -2.16. The van der Waals surface area contributed by atoms with E-state index in [1.807, 2.05) is 0 Å². The minimum absolute atomic E-state index is 0.0385. The highest BCUT2D eigenvalue weighted by Crippen LogP contribution is 2.26. The molecule has 160 valence electrons. The number of carboxylic acid groups (broad SMARTS) is 2. The number of halogens is 3. The first kappa shape index (κ1) is 22.2. The fraction of sp³-hybridized carbons (Fsp3) is 0.0952. The number of nitrogens with zero attached hydrogens (tertiary/aromatic N) is 1. The third-order valence-corrected chi connectivity index (χ3v) is 5.10. The first-order valence-electron chi connectivity index (χ1n) is 8.69. The number of aromatic carboxylic acids is 2. The summed E-state index contributed by atoms with van der Waals surface area (Å²) < 4.78 is 33.4. The van der Waals surface area contributed by atoms with E-state index in [-0.39, 0.29) is 39.2 Å². The number of carboxylic acids is 2. The number of aryl methyl sites for hydroxylation is 1. The molecule has 31 heavy (non-hydrogen) atoms. The number of benzene rings is 2. The molecule has 3 rings (SSSR count). The molecule has 0 amide bonds. The molecular weight excluding hydrogens is 480 g/mol. The Kier molecular flexibility index (Phi) is 6.21. The van der Waals surface area contributed by atoms with Gasteiger partial charge in [-0.2, -0.15) is 0 Å². The van der Waals surface area contributed by atoms with Gasteiger partial charge in [0.2, 0.25) is 0 Å². The Hall–Kier alpha value is -3.53. The molecule has 0 radical (unpaired) electrons. The van der Waals surface area contributed by atoms with Crippen LogP contribution in [0.1, 0.15) is 32.0 Å². The predicted octanol–water partition coefficient (Wildman–Crippen LogP) is 4.16. The van der Waals surface area contributed by atoms with E-state index in [0.717, 1.165) is 16.7 Å². The first-order chi connectivity index (χ1) is 14.6. The maximum absolute atomic E-state index is 13.8. The van der Waals surface area contributed by atoms with Crippen molar-refractivity contribution in [2.24, 2.45) is 0 Å². The Morgan fingerprint density at radius 2 is 1.65 bits per heavy atom. The molecule has 0 spiro atoms. The molecule has 0 atom stereocenters. The largest absolute Gasteiger partial charge is 0.487 e. The second kappa shape index (κ2) is 8.68. The van der Waals surface area contributed by atoms with E-state index < -0.39 is 29.1 Å². The van der Waals surface area contributed by atoms with E-state index in [2.05, 4.69) is 15.9 Å². The molecule has 2 aromatic carbocycles. The van der Waals surface area contributed by atoms with E-state index in [1.165, 1.54) is 31.2 Å². The van der Waals surface area contributed by atoms with Crippen molar-refractivity contribution in [3.63, 3.8) is 0 Å². The minimum atomic E-state index is -1.35. The second-order valence-corrected chi connectivity index (χ2v) is 7.30. The molecule has 0 unspecified atom stereocenters. The van der Waals surface area contributed by atoms with E-state index in [4.69, 9.17) is 4.74 Å². The van der Waals surface area contributed by atoms with Crippen LogP contribution in [-0.4, -0.2) is 26.7 Å². The van der Waals surface area contributed by atoms with Gasteiger partial charge in [0.25, 0.3) is 5.56 Å². The Balaban J connectivity index is 2.03. The van der Waals surface area contributed by atoms with Crippen molar-refractivity contribution in [1.82, 2.24) is 4.57 Å².